The van der Waals surface area contributed by atoms with Gasteiger partial charge in [0.1, 0.15) is 23.4 Å². The maximum absolute atomic E-state index is 13.4. The molecule has 0 aromatic heterocycles. The van der Waals surface area contributed by atoms with E-state index in [1.54, 1.807) is 31.4 Å². The monoisotopic (exact) mass is 460 g/mol. The van der Waals surface area contributed by atoms with Crippen LogP contribution >= 0.6 is 0 Å². The fourth-order valence-corrected chi connectivity index (χ4v) is 3.40. The van der Waals surface area contributed by atoms with Crippen LogP contribution in [0.25, 0.3) is 0 Å². The van der Waals surface area contributed by atoms with Crippen LogP contribution in [0, 0.1) is 5.41 Å². The third-order valence-electron chi connectivity index (χ3n) is 5.32. The van der Waals surface area contributed by atoms with Crippen LogP contribution in [0.5, 0.6) is 11.5 Å². The zero-order valence-corrected chi connectivity index (χ0v) is 19.6. The molecule has 0 radical (unpaired) electrons. The second-order valence-electron chi connectivity index (χ2n) is 7.92. The van der Waals surface area contributed by atoms with Gasteiger partial charge in [-0.3, -0.25) is 10.2 Å². The van der Waals surface area contributed by atoms with Gasteiger partial charge in [-0.1, -0.05) is 43.7 Å². The van der Waals surface area contributed by atoms with Crippen molar-refractivity contribution >= 4 is 17.4 Å². The lowest BCUT2D eigenvalue weighted by Crippen LogP contribution is -2.33. The Morgan fingerprint density at radius 3 is 2.38 bits per heavy atom. The van der Waals surface area contributed by atoms with Gasteiger partial charge < -0.3 is 25.8 Å². The lowest BCUT2D eigenvalue weighted by Gasteiger charge is -2.22. The molecule has 0 aliphatic heterocycles. The summed E-state index contributed by atoms with van der Waals surface area (Å²) in [6, 6.07) is 21.7. The van der Waals surface area contributed by atoms with Crippen molar-refractivity contribution in [1.82, 2.24) is 5.32 Å². The Morgan fingerprint density at radius 1 is 1.03 bits per heavy atom. The standard InChI is InChI=1S/C27H32N4O3/c1-3-4-14-34-24-16-21(15-23(17-24)33-2)25(27(32)30-18-19-8-6-5-7-9-19)31-22-12-10-20(11-13-22)26(28)29/h5-13,15-17,25,31H,3-4,14,18H2,1-2H3,(H3,28,29)(H,30,32). The highest BCUT2D eigenvalue weighted by Crippen LogP contribution is 2.29. The van der Waals surface area contributed by atoms with E-state index in [0.29, 0.717) is 35.8 Å². The lowest BCUT2D eigenvalue weighted by molar-refractivity contribution is -0.122. The highest BCUT2D eigenvalue weighted by molar-refractivity contribution is 5.95. The van der Waals surface area contributed by atoms with Crippen molar-refractivity contribution in [3.63, 3.8) is 0 Å². The molecule has 34 heavy (non-hydrogen) atoms. The van der Waals surface area contributed by atoms with Crippen molar-refractivity contribution < 1.29 is 14.3 Å². The third kappa shape index (κ3) is 7.00. The van der Waals surface area contributed by atoms with Crippen molar-refractivity contribution in [3.05, 3.63) is 89.5 Å². The largest absolute Gasteiger partial charge is 0.497 e. The first-order chi connectivity index (χ1) is 16.5. The quantitative estimate of drug-likeness (QED) is 0.179. The molecule has 3 aromatic carbocycles. The normalized spacial score (nSPS) is 11.4. The number of carbonyl (C=O) groups excluding carboxylic acids is 1. The van der Waals surface area contributed by atoms with Gasteiger partial charge in [0, 0.05) is 23.9 Å². The number of amides is 1. The smallest absolute Gasteiger partial charge is 0.247 e. The molecule has 5 N–H and O–H groups in total. The predicted octanol–water partition coefficient (Wildman–Crippen LogP) is 4.63. The summed E-state index contributed by atoms with van der Waals surface area (Å²) in [6.45, 7) is 3.10. The van der Waals surface area contributed by atoms with E-state index < -0.39 is 6.04 Å². The molecule has 3 aromatic rings. The molecule has 1 atom stereocenters. The maximum atomic E-state index is 13.4. The summed E-state index contributed by atoms with van der Waals surface area (Å²) in [4.78, 5) is 13.4. The van der Waals surface area contributed by atoms with Gasteiger partial charge in [-0.15, -0.1) is 0 Å². The van der Waals surface area contributed by atoms with Gasteiger partial charge in [-0.2, -0.15) is 0 Å². The highest BCUT2D eigenvalue weighted by Gasteiger charge is 2.22. The van der Waals surface area contributed by atoms with Crippen LogP contribution in [0.2, 0.25) is 0 Å². The molecule has 0 fully saturated rings. The van der Waals surface area contributed by atoms with E-state index >= 15 is 0 Å². The van der Waals surface area contributed by atoms with E-state index in [2.05, 4.69) is 17.6 Å². The lowest BCUT2D eigenvalue weighted by atomic mass is 10.0. The number of hydrogen-bond acceptors (Lipinski definition) is 5. The molecule has 0 aliphatic carbocycles. The van der Waals surface area contributed by atoms with E-state index in [4.69, 9.17) is 20.6 Å². The Bertz CT molecular complexity index is 1080. The minimum absolute atomic E-state index is 0.00892. The van der Waals surface area contributed by atoms with E-state index in [-0.39, 0.29) is 11.7 Å². The molecule has 0 saturated carbocycles. The van der Waals surface area contributed by atoms with Crippen LogP contribution in [-0.2, 0) is 11.3 Å². The first-order valence-electron chi connectivity index (χ1n) is 11.3. The van der Waals surface area contributed by atoms with Crippen molar-refractivity contribution in [2.75, 3.05) is 19.0 Å². The van der Waals surface area contributed by atoms with Crippen LogP contribution in [-0.4, -0.2) is 25.5 Å². The van der Waals surface area contributed by atoms with Crippen LogP contribution < -0.4 is 25.8 Å². The van der Waals surface area contributed by atoms with Crippen LogP contribution in [0.4, 0.5) is 5.69 Å². The van der Waals surface area contributed by atoms with Crippen LogP contribution in [0.15, 0.2) is 72.8 Å². The zero-order valence-electron chi connectivity index (χ0n) is 19.6. The number of amidine groups is 1. The number of nitrogens with two attached hydrogens (primary N) is 1. The van der Waals surface area contributed by atoms with Gasteiger partial charge in [0.25, 0.3) is 0 Å². The molecule has 0 aliphatic rings. The Balaban J connectivity index is 1.88. The van der Waals surface area contributed by atoms with Crippen molar-refractivity contribution in [1.29, 1.82) is 5.41 Å². The van der Waals surface area contributed by atoms with Crippen molar-refractivity contribution in [3.8, 4) is 11.5 Å². The number of anilines is 1. The van der Waals surface area contributed by atoms with Gasteiger partial charge in [-0.25, -0.2) is 0 Å². The zero-order chi connectivity index (χ0) is 24.3. The molecule has 178 valence electrons. The van der Waals surface area contributed by atoms with E-state index in [1.807, 2.05) is 48.5 Å². The van der Waals surface area contributed by atoms with E-state index in [9.17, 15) is 4.79 Å². The fourth-order valence-electron chi connectivity index (χ4n) is 3.40. The Kier molecular flexibility index (Phi) is 8.91. The molecule has 0 spiro atoms. The molecule has 1 amide bonds. The summed E-state index contributed by atoms with van der Waals surface area (Å²) in [7, 11) is 1.59. The van der Waals surface area contributed by atoms with Crippen LogP contribution in [0.1, 0.15) is 42.5 Å². The predicted molar refractivity (Wildman–Crippen MR) is 136 cm³/mol. The van der Waals surface area contributed by atoms with Gasteiger partial charge >= 0.3 is 0 Å². The average molecular weight is 461 g/mol. The minimum Gasteiger partial charge on any atom is -0.497 e. The maximum Gasteiger partial charge on any atom is 0.247 e. The van der Waals surface area contributed by atoms with E-state index in [1.165, 1.54) is 0 Å². The minimum atomic E-state index is -0.699. The molecule has 7 heteroatoms. The third-order valence-corrected chi connectivity index (χ3v) is 5.32. The number of carbonyl (C=O) groups is 1. The highest BCUT2D eigenvalue weighted by atomic mass is 16.5. The number of benzene rings is 3. The molecule has 0 bridgehead atoms. The molecule has 3 rings (SSSR count). The van der Waals surface area contributed by atoms with Crippen molar-refractivity contribution in [2.45, 2.75) is 32.4 Å². The molecular formula is C27H32N4O3. The first-order valence-corrected chi connectivity index (χ1v) is 11.3. The number of ether oxygens (including phenoxy) is 2. The SMILES string of the molecule is CCCCOc1cc(OC)cc(C(Nc2ccc(C(=N)N)cc2)C(=O)NCc2ccccc2)c1. The molecule has 0 heterocycles. The second kappa shape index (κ2) is 12.3. The van der Waals surface area contributed by atoms with Gasteiger partial charge in [-0.05, 0) is 53.9 Å². The number of methoxy groups -OCH3 is 1. The summed E-state index contributed by atoms with van der Waals surface area (Å²) in [5, 5.41) is 13.9. The number of unbranched alkanes of at least 4 members (excludes halogenated alkanes) is 1. The number of hydrogen-bond donors (Lipinski definition) is 4. The summed E-state index contributed by atoms with van der Waals surface area (Å²) in [6.07, 6.45) is 1.97. The Labute approximate surface area is 200 Å². The topological polar surface area (TPSA) is 109 Å². The molecular weight excluding hydrogens is 428 g/mol. The molecule has 0 saturated heterocycles. The molecule has 1 unspecified atom stereocenters. The van der Waals surface area contributed by atoms with Crippen LogP contribution in [0.3, 0.4) is 0 Å². The second-order valence-corrected chi connectivity index (χ2v) is 7.92. The number of nitrogen functional groups attached to an aromatic ring is 1. The van der Waals surface area contributed by atoms with Crippen molar-refractivity contribution in [2.24, 2.45) is 5.73 Å². The average Bonchev–Trinajstić information content (AvgIpc) is 2.86. The number of nitrogens with one attached hydrogen (secondary N) is 3. The molecule has 7 nitrogen and oxygen atoms in total. The first kappa shape index (κ1) is 24.6. The van der Waals surface area contributed by atoms with Gasteiger partial charge in [0.2, 0.25) is 5.91 Å². The Hall–Kier alpha value is -4.00. The fraction of sp³-hybridized carbons (Fsp3) is 0.259. The Morgan fingerprint density at radius 2 is 1.74 bits per heavy atom. The van der Waals surface area contributed by atoms with E-state index in [0.717, 1.165) is 24.1 Å². The summed E-state index contributed by atoms with van der Waals surface area (Å²) in [5.74, 6) is 1.06. The summed E-state index contributed by atoms with van der Waals surface area (Å²) in [5.41, 5.74) is 8.63. The van der Waals surface area contributed by atoms with Gasteiger partial charge in [0.05, 0.1) is 13.7 Å². The summed E-state index contributed by atoms with van der Waals surface area (Å²) < 4.78 is 11.4. The summed E-state index contributed by atoms with van der Waals surface area (Å²) >= 11 is 0. The van der Waals surface area contributed by atoms with Gasteiger partial charge in [0.15, 0.2) is 0 Å². The number of rotatable bonds is 12.